The van der Waals surface area contributed by atoms with Gasteiger partial charge in [-0.1, -0.05) is 60.2 Å². The van der Waals surface area contributed by atoms with E-state index in [1.54, 1.807) is 37.5 Å². The second-order valence-corrected chi connectivity index (χ2v) is 9.83. The van der Waals surface area contributed by atoms with Crippen LogP contribution in [-0.2, 0) is 14.8 Å². The zero-order chi connectivity index (χ0) is 25.5. The normalized spacial score (nSPS) is 11.6. The number of anilines is 2. The highest BCUT2D eigenvalue weighted by molar-refractivity contribution is 7.92. The van der Waals surface area contributed by atoms with Crippen molar-refractivity contribution in [2.75, 3.05) is 17.1 Å². The van der Waals surface area contributed by atoms with Gasteiger partial charge < -0.3 is 10.1 Å². The minimum Gasteiger partial charge on any atom is -0.497 e. The highest BCUT2D eigenvalue weighted by atomic mass is 32.2. The predicted octanol–water partition coefficient (Wildman–Crippen LogP) is 5.98. The van der Waals surface area contributed by atoms with Crippen LogP contribution in [0, 0.1) is 6.92 Å². The molecule has 0 aromatic heterocycles. The van der Waals surface area contributed by atoms with Crippen molar-refractivity contribution in [1.82, 2.24) is 0 Å². The molecule has 0 saturated carbocycles. The fourth-order valence-corrected chi connectivity index (χ4v) is 4.57. The van der Waals surface area contributed by atoms with Gasteiger partial charge in [0.2, 0.25) is 0 Å². The van der Waals surface area contributed by atoms with Crippen LogP contribution in [0.3, 0.4) is 0 Å². The molecule has 4 rings (SSSR count). The number of hydrogen-bond donors (Lipinski definition) is 2. The summed E-state index contributed by atoms with van der Waals surface area (Å²) in [5.74, 6) is 0.412. The lowest BCUT2D eigenvalue weighted by Crippen LogP contribution is -2.15. The molecular weight excluding hydrogens is 472 g/mol. The summed E-state index contributed by atoms with van der Waals surface area (Å²) in [6.45, 7) is 1.93. The lowest BCUT2D eigenvalue weighted by atomic mass is 10.0. The molecule has 0 aliphatic rings. The van der Waals surface area contributed by atoms with Gasteiger partial charge in [-0.05, 0) is 72.7 Å². The van der Waals surface area contributed by atoms with Crippen LogP contribution in [0.15, 0.2) is 108 Å². The molecule has 182 valence electrons. The Kier molecular flexibility index (Phi) is 7.51. The maximum Gasteiger partial charge on any atom is 0.261 e. The van der Waals surface area contributed by atoms with Gasteiger partial charge in [0.15, 0.2) is 0 Å². The number of carbonyl (C=O) groups excluding carboxylic acids is 1. The minimum absolute atomic E-state index is 0.0955. The topological polar surface area (TPSA) is 84.5 Å². The van der Waals surface area contributed by atoms with Gasteiger partial charge in [-0.3, -0.25) is 9.52 Å². The molecule has 0 bridgehead atoms. The van der Waals surface area contributed by atoms with E-state index in [4.69, 9.17) is 4.74 Å². The van der Waals surface area contributed by atoms with Crippen molar-refractivity contribution in [2.24, 2.45) is 0 Å². The molecule has 4 aromatic carbocycles. The van der Waals surface area contributed by atoms with Gasteiger partial charge in [0.1, 0.15) is 5.75 Å². The summed E-state index contributed by atoms with van der Waals surface area (Å²) in [6, 6.07) is 29.9. The third-order valence-electron chi connectivity index (χ3n) is 5.48. The molecule has 1 amide bonds. The Hall–Kier alpha value is -4.36. The monoisotopic (exact) mass is 498 g/mol. The van der Waals surface area contributed by atoms with E-state index in [1.165, 1.54) is 12.1 Å². The molecule has 0 saturated heterocycles. The van der Waals surface area contributed by atoms with Crippen LogP contribution in [0.1, 0.15) is 16.7 Å². The van der Waals surface area contributed by atoms with E-state index in [9.17, 15) is 13.2 Å². The Morgan fingerprint density at radius 2 is 1.39 bits per heavy atom. The van der Waals surface area contributed by atoms with Crippen molar-refractivity contribution >= 4 is 39.0 Å². The Labute approximate surface area is 211 Å². The Morgan fingerprint density at radius 3 is 2.00 bits per heavy atom. The van der Waals surface area contributed by atoms with Crippen molar-refractivity contribution in [3.05, 3.63) is 120 Å². The molecule has 36 heavy (non-hydrogen) atoms. The average molecular weight is 499 g/mol. The van der Waals surface area contributed by atoms with E-state index in [-0.39, 0.29) is 10.8 Å². The fourth-order valence-electron chi connectivity index (χ4n) is 3.52. The third-order valence-corrected chi connectivity index (χ3v) is 6.88. The van der Waals surface area contributed by atoms with Crippen LogP contribution < -0.4 is 14.8 Å². The second-order valence-electron chi connectivity index (χ2n) is 8.15. The molecule has 4 aromatic rings. The van der Waals surface area contributed by atoms with Gasteiger partial charge in [0, 0.05) is 16.9 Å². The number of amides is 1. The van der Waals surface area contributed by atoms with Gasteiger partial charge in [-0.25, -0.2) is 8.42 Å². The largest absolute Gasteiger partial charge is 0.497 e. The number of nitrogens with one attached hydrogen (secondary N) is 2. The number of methoxy groups -OCH3 is 1. The summed E-state index contributed by atoms with van der Waals surface area (Å²) < 4.78 is 33.3. The summed E-state index contributed by atoms with van der Waals surface area (Å²) in [5, 5.41) is 2.87. The highest BCUT2D eigenvalue weighted by Crippen LogP contribution is 2.23. The lowest BCUT2D eigenvalue weighted by Gasteiger charge is -2.12. The summed E-state index contributed by atoms with van der Waals surface area (Å²) >= 11 is 0. The van der Waals surface area contributed by atoms with E-state index in [1.807, 2.05) is 73.7 Å². The van der Waals surface area contributed by atoms with Gasteiger partial charge in [0.25, 0.3) is 15.9 Å². The number of carbonyl (C=O) groups is 1. The number of rotatable bonds is 8. The van der Waals surface area contributed by atoms with E-state index >= 15 is 0 Å². The van der Waals surface area contributed by atoms with Crippen LogP contribution >= 0.6 is 0 Å². The van der Waals surface area contributed by atoms with Gasteiger partial charge >= 0.3 is 0 Å². The standard InChI is InChI=1S/C29H26N2O4S/c1-21-8-12-25(13-9-21)31-36(33,34)27-18-14-24(15-19-27)30-29(32)28(23-6-4-3-5-7-23)20-22-10-16-26(35-2)17-11-22/h3-20,31H,1-2H3,(H,30,32)/b28-20+. The van der Waals surface area contributed by atoms with Crippen molar-refractivity contribution in [2.45, 2.75) is 11.8 Å². The van der Waals surface area contributed by atoms with Crippen molar-refractivity contribution in [3.8, 4) is 5.75 Å². The number of aryl methyl sites for hydroxylation is 1. The lowest BCUT2D eigenvalue weighted by molar-refractivity contribution is -0.111. The van der Waals surface area contributed by atoms with E-state index < -0.39 is 10.0 Å². The first kappa shape index (κ1) is 24.8. The fraction of sp³-hybridized carbons (Fsp3) is 0.0690. The van der Waals surface area contributed by atoms with Gasteiger partial charge in [-0.2, -0.15) is 0 Å². The first-order valence-corrected chi connectivity index (χ1v) is 12.7. The third kappa shape index (κ3) is 6.20. The first-order valence-electron chi connectivity index (χ1n) is 11.3. The molecule has 0 radical (unpaired) electrons. The highest BCUT2D eigenvalue weighted by Gasteiger charge is 2.16. The van der Waals surface area contributed by atoms with Gasteiger partial charge in [0.05, 0.1) is 12.0 Å². The molecule has 0 unspecified atom stereocenters. The zero-order valence-electron chi connectivity index (χ0n) is 19.9. The average Bonchev–Trinajstić information content (AvgIpc) is 2.89. The van der Waals surface area contributed by atoms with Crippen molar-refractivity contribution < 1.29 is 17.9 Å². The van der Waals surface area contributed by atoms with E-state index in [0.29, 0.717) is 16.9 Å². The number of benzene rings is 4. The Balaban J connectivity index is 1.54. The van der Waals surface area contributed by atoms with Crippen molar-refractivity contribution in [3.63, 3.8) is 0 Å². The number of sulfonamides is 1. The molecular formula is C29H26N2O4S. The SMILES string of the molecule is COc1ccc(/C=C(/C(=O)Nc2ccc(S(=O)(=O)Nc3ccc(C)cc3)cc2)c2ccccc2)cc1. The Morgan fingerprint density at radius 1 is 0.778 bits per heavy atom. The number of hydrogen-bond acceptors (Lipinski definition) is 4. The molecule has 2 N–H and O–H groups in total. The molecule has 6 nitrogen and oxygen atoms in total. The number of ether oxygens (including phenoxy) is 1. The van der Waals surface area contributed by atoms with Gasteiger partial charge in [-0.15, -0.1) is 0 Å². The van der Waals surface area contributed by atoms with Crippen LogP contribution in [-0.4, -0.2) is 21.4 Å². The van der Waals surface area contributed by atoms with Crippen molar-refractivity contribution in [1.29, 1.82) is 0 Å². The van der Waals surface area contributed by atoms with Crippen LogP contribution in [0.5, 0.6) is 5.75 Å². The summed E-state index contributed by atoms with van der Waals surface area (Å²) in [5.41, 5.74) is 4.06. The molecule has 0 fully saturated rings. The van der Waals surface area contributed by atoms with Crippen LogP contribution in [0.2, 0.25) is 0 Å². The molecule has 0 heterocycles. The molecule has 0 spiro atoms. The zero-order valence-corrected chi connectivity index (χ0v) is 20.8. The maximum absolute atomic E-state index is 13.3. The second kappa shape index (κ2) is 10.9. The maximum atomic E-state index is 13.3. The smallest absolute Gasteiger partial charge is 0.261 e. The summed E-state index contributed by atoms with van der Waals surface area (Å²) in [7, 11) is -2.16. The molecule has 0 aliphatic carbocycles. The van der Waals surface area contributed by atoms with Crippen LogP contribution in [0.4, 0.5) is 11.4 Å². The van der Waals surface area contributed by atoms with E-state index in [2.05, 4.69) is 10.0 Å². The van der Waals surface area contributed by atoms with E-state index in [0.717, 1.165) is 22.4 Å². The summed E-state index contributed by atoms with van der Waals surface area (Å²) in [4.78, 5) is 13.4. The first-order chi connectivity index (χ1) is 17.3. The predicted molar refractivity (Wildman–Crippen MR) is 144 cm³/mol. The Bertz CT molecular complexity index is 1460. The summed E-state index contributed by atoms with van der Waals surface area (Å²) in [6.07, 6.45) is 1.80. The molecule has 0 aliphatic heterocycles. The quantitative estimate of drug-likeness (QED) is 0.231. The van der Waals surface area contributed by atoms with Crippen LogP contribution in [0.25, 0.3) is 11.6 Å². The molecule has 0 atom stereocenters. The molecule has 7 heteroatoms. The minimum atomic E-state index is -3.76.